The van der Waals surface area contributed by atoms with Crippen molar-refractivity contribution in [2.75, 3.05) is 6.54 Å². The number of hydrogen-bond donors (Lipinski definition) is 1. The zero-order valence-corrected chi connectivity index (χ0v) is 13.7. The van der Waals surface area contributed by atoms with Crippen LogP contribution in [0.5, 0.6) is 11.6 Å². The van der Waals surface area contributed by atoms with Crippen LogP contribution in [0, 0.1) is 5.82 Å². The monoisotopic (exact) mass is 369 g/mol. The minimum Gasteiger partial charge on any atom is -0.434 e. The van der Waals surface area contributed by atoms with Gasteiger partial charge in [0, 0.05) is 22.6 Å². The van der Waals surface area contributed by atoms with E-state index in [0.29, 0.717) is 12.4 Å². The molecular formula is C14H13BrFN3OS. The van der Waals surface area contributed by atoms with E-state index in [1.165, 1.54) is 17.4 Å². The Balaban J connectivity index is 1.99. The van der Waals surface area contributed by atoms with Crippen molar-refractivity contribution in [2.45, 2.75) is 13.5 Å². The van der Waals surface area contributed by atoms with Crippen LogP contribution in [0.25, 0.3) is 4.96 Å². The molecule has 4 nitrogen and oxygen atoms in total. The van der Waals surface area contributed by atoms with E-state index < -0.39 is 5.82 Å². The van der Waals surface area contributed by atoms with Crippen molar-refractivity contribution in [1.29, 1.82) is 0 Å². The maximum absolute atomic E-state index is 13.8. The molecule has 1 aromatic carbocycles. The second kappa shape index (κ2) is 6.13. The van der Waals surface area contributed by atoms with Crippen LogP contribution >= 0.6 is 27.3 Å². The van der Waals surface area contributed by atoms with Gasteiger partial charge in [0.25, 0.3) is 0 Å². The van der Waals surface area contributed by atoms with Crippen LogP contribution in [0.15, 0.2) is 34.2 Å². The highest BCUT2D eigenvalue weighted by Crippen LogP contribution is 2.31. The number of ether oxygens (including phenoxy) is 1. The zero-order valence-electron chi connectivity index (χ0n) is 11.3. The summed E-state index contributed by atoms with van der Waals surface area (Å²) in [6.07, 6.45) is 1.93. The van der Waals surface area contributed by atoms with Gasteiger partial charge >= 0.3 is 0 Å². The molecule has 110 valence electrons. The first-order chi connectivity index (χ1) is 10.2. The van der Waals surface area contributed by atoms with E-state index in [9.17, 15) is 4.39 Å². The van der Waals surface area contributed by atoms with Gasteiger partial charge in [-0.25, -0.2) is 4.39 Å². The molecule has 0 fully saturated rings. The average Bonchev–Trinajstić information content (AvgIpc) is 3.02. The zero-order chi connectivity index (χ0) is 14.8. The highest BCUT2D eigenvalue weighted by Gasteiger charge is 2.16. The predicted molar refractivity (Wildman–Crippen MR) is 84.6 cm³/mol. The lowest BCUT2D eigenvalue weighted by Crippen LogP contribution is -2.13. The van der Waals surface area contributed by atoms with Gasteiger partial charge in [-0.15, -0.1) is 11.3 Å². The van der Waals surface area contributed by atoms with E-state index in [4.69, 9.17) is 4.74 Å². The molecule has 0 spiro atoms. The first kappa shape index (κ1) is 14.5. The lowest BCUT2D eigenvalue weighted by atomic mass is 10.3. The molecule has 0 unspecified atom stereocenters. The van der Waals surface area contributed by atoms with Crippen LogP contribution in [0.2, 0.25) is 0 Å². The molecular weight excluding hydrogens is 357 g/mol. The molecule has 3 aromatic rings. The summed E-state index contributed by atoms with van der Waals surface area (Å²) >= 11 is 4.83. The maximum Gasteiger partial charge on any atom is 0.243 e. The summed E-state index contributed by atoms with van der Waals surface area (Å²) < 4.78 is 22.2. The number of hydrogen-bond acceptors (Lipinski definition) is 4. The van der Waals surface area contributed by atoms with Crippen LogP contribution in [-0.2, 0) is 6.54 Å². The number of imidazole rings is 1. The van der Waals surface area contributed by atoms with Gasteiger partial charge in [0.2, 0.25) is 5.88 Å². The molecule has 0 radical (unpaired) electrons. The summed E-state index contributed by atoms with van der Waals surface area (Å²) in [5.74, 6) is 0.177. The third-order valence-corrected chi connectivity index (χ3v) is 4.22. The molecule has 0 saturated carbocycles. The van der Waals surface area contributed by atoms with Crippen molar-refractivity contribution < 1.29 is 9.13 Å². The fraction of sp³-hybridized carbons (Fsp3) is 0.214. The normalized spacial score (nSPS) is 11.2. The molecule has 0 atom stereocenters. The SMILES string of the molecule is CCNCc1c(Oc2cc(Br)ccc2F)nc2sccn12. The summed E-state index contributed by atoms with van der Waals surface area (Å²) in [5.41, 5.74) is 0.882. The summed E-state index contributed by atoms with van der Waals surface area (Å²) in [6, 6.07) is 4.59. The molecule has 2 heterocycles. The highest BCUT2D eigenvalue weighted by molar-refractivity contribution is 9.10. The van der Waals surface area contributed by atoms with Gasteiger partial charge in [0.1, 0.15) is 5.69 Å². The lowest BCUT2D eigenvalue weighted by Gasteiger charge is -2.08. The summed E-state index contributed by atoms with van der Waals surface area (Å²) in [4.78, 5) is 5.26. The number of thiazole rings is 1. The Bertz CT molecular complexity index is 771. The molecule has 21 heavy (non-hydrogen) atoms. The van der Waals surface area contributed by atoms with Crippen molar-refractivity contribution in [3.05, 3.63) is 45.8 Å². The van der Waals surface area contributed by atoms with Gasteiger partial charge in [-0.3, -0.25) is 4.40 Å². The molecule has 3 rings (SSSR count). The summed E-state index contributed by atoms with van der Waals surface area (Å²) in [5, 5.41) is 5.21. The van der Waals surface area contributed by atoms with E-state index in [-0.39, 0.29) is 5.75 Å². The number of aromatic nitrogens is 2. The molecule has 0 aliphatic heterocycles. The highest BCUT2D eigenvalue weighted by atomic mass is 79.9. The smallest absolute Gasteiger partial charge is 0.243 e. The summed E-state index contributed by atoms with van der Waals surface area (Å²) in [7, 11) is 0. The van der Waals surface area contributed by atoms with Crippen molar-refractivity contribution in [3.8, 4) is 11.6 Å². The predicted octanol–water partition coefficient (Wildman–Crippen LogP) is 4.20. The number of nitrogens with zero attached hydrogens (tertiary/aromatic N) is 2. The van der Waals surface area contributed by atoms with E-state index in [2.05, 4.69) is 26.2 Å². The Morgan fingerprint density at radius 3 is 3.14 bits per heavy atom. The largest absolute Gasteiger partial charge is 0.434 e. The Labute approximate surface area is 133 Å². The number of benzene rings is 1. The fourth-order valence-electron chi connectivity index (χ4n) is 1.96. The van der Waals surface area contributed by atoms with Crippen molar-refractivity contribution >= 4 is 32.2 Å². The standard InChI is InChI=1S/C14H13BrFN3OS/c1-2-17-8-11-13(18-14-19(11)5-6-21-14)20-12-7-9(15)3-4-10(12)16/h3-7,17H,2,8H2,1H3. The minimum atomic E-state index is -0.413. The quantitative estimate of drug-likeness (QED) is 0.732. The molecule has 7 heteroatoms. The Hall–Kier alpha value is -1.44. The van der Waals surface area contributed by atoms with Crippen molar-refractivity contribution in [3.63, 3.8) is 0 Å². The number of rotatable bonds is 5. The van der Waals surface area contributed by atoms with Gasteiger partial charge in [0.05, 0.1) is 0 Å². The van der Waals surface area contributed by atoms with Crippen molar-refractivity contribution in [1.82, 2.24) is 14.7 Å². The fourth-order valence-corrected chi connectivity index (χ4v) is 3.02. The van der Waals surface area contributed by atoms with Gasteiger partial charge in [-0.1, -0.05) is 22.9 Å². The van der Waals surface area contributed by atoms with Crippen LogP contribution in [-0.4, -0.2) is 15.9 Å². The second-order valence-corrected chi connectivity index (χ2v) is 6.17. The number of nitrogens with one attached hydrogen (secondary N) is 1. The van der Waals surface area contributed by atoms with Crippen LogP contribution < -0.4 is 10.1 Å². The maximum atomic E-state index is 13.8. The third kappa shape index (κ3) is 2.95. The van der Waals surface area contributed by atoms with Gasteiger partial charge in [-0.2, -0.15) is 4.98 Å². The topological polar surface area (TPSA) is 38.6 Å². The van der Waals surface area contributed by atoms with Gasteiger partial charge in [-0.05, 0) is 24.7 Å². The molecule has 0 aliphatic rings. The number of halogens is 2. The lowest BCUT2D eigenvalue weighted by molar-refractivity contribution is 0.422. The van der Waals surface area contributed by atoms with Crippen LogP contribution in [0.1, 0.15) is 12.6 Å². The van der Waals surface area contributed by atoms with E-state index in [1.54, 1.807) is 12.1 Å². The first-order valence-corrected chi connectivity index (χ1v) is 8.14. The third-order valence-electron chi connectivity index (χ3n) is 2.97. The Morgan fingerprint density at radius 2 is 2.33 bits per heavy atom. The minimum absolute atomic E-state index is 0.160. The molecule has 2 aromatic heterocycles. The number of fused-ring (bicyclic) bond motifs is 1. The average molecular weight is 370 g/mol. The molecule has 0 saturated heterocycles. The molecule has 0 bridgehead atoms. The van der Waals surface area contributed by atoms with Crippen molar-refractivity contribution in [2.24, 2.45) is 0 Å². The van der Waals surface area contributed by atoms with Crippen LogP contribution in [0.3, 0.4) is 0 Å². The van der Waals surface area contributed by atoms with Gasteiger partial charge in [0.15, 0.2) is 16.5 Å². The van der Waals surface area contributed by atoms with E-state index in [1.807, 2.05) is 22.9 Å². The second-order valence-electron chi connectivity index (χ2n) is 4.38. The van der Waals surface area contributed by atoms with Gasteiger partial charge < -0.3 is 10.1 Å². The molecule has 0 aliphatic carbocycles. The summed E-state index contributed by atoms with van der Waals surface area (Å²) in [6.45, 7) is 3.47. The van der Waals surface area contributed by atoms with E-state index >= 15 is 0 Å². The Kier molecular flexibility index (Phi) is 4.23. The molecule has 0 amide bonds. The Morgan fingerprint density at radius 1 is 1.48 bits per heavy atom. The molecule has 1 N–H and O–H groups in total. The van der Waals surface area contributed by atoms with Crippen LogP contribution in [0.4, 0.5) is 4.39 Å². The van der Waals surface area contributed by atoms with E-state index in [0.717, 1.165) is 21.7 Å². The first-order valence-electron chi connectivity index (χ1n) is 6.47.